The molecule has 3 heteroatoms. The van der Waals surface area contributed by atoms with Crippen LogP contribution in [0.25, 0.3) is 11.1 Å². The monoisotopic (exact) mass is 316 g/mol. The molecule has 0 aromatic heterocycles. The molecule has 0 heterocycles. The molecular weight excluding hydrogens is 300 g/mol. The Morgan fingerprint density at radius 1 is 0.708 bits per heavy atom. The molecule has 0 aliphatic heterocycles. The summed E-state index contributed by atoms with van der Waals surface area (Å²) in [4.78, 5) is 24.4. The van der Waals surface area contributed by atoms with Gasteiger partial charge in [-0.1, -0.05) is 72.3 Å². The van der Waals surface area contributed by atoms with E-state index in [1.165, 1.54) is 6.07 Å². The smallest absolute Gasteiger partial charge is 0.336 e. The van der Waals surface area contributed by atoms with Crippen LogP contribution < -0.4 is 0 Å². The first kappa shape index (κ1) is 15.7. The van der Waals surface area contributed by atoms with Gasteiger partial charge in [0.2, 0.25) is 0 Å². The van der Waals surface area contributed by atoms with Gasteiger partial charge in [-0.25, -0.2) is 4.79 Å². The lowest BCUT2D eigenvalue weighted by molar-refractivity contribution is 0.0693. The van der Waals surface area contributed by atoms with Crippen molar-refractivity contribution in [2.75, 3.05) is 0 Å². The number of hydrogen-bond donors (Lipinski definition) is 1. The van der Waals surface area contributed by atoms with Gasteiger partial charge < -0.3 is 5.11 Å². The molecule has 0 aliphatic rings. The number of carboxylic acid groups (broad SMARTS) is 1. The molecule has 0 saturated heterocycles. The average Bonchev–Trinajstić information content (AvgIpc) is 2.62. The van der Waals surface area contributed by atoms with Crippen molar-refractivity contribution in [3.63, 3.8) is 0 Å². The molecule has 3 aromatic carbocycles. The van der Waals surface area contributed by atoms with Crippen molar-refractivity contribution in [1.29, 1.82) is 0 Å². The van der Waals surface area contributed by atoms with E-state index < -0.39 is 5.97 Å². The zero-order valence-corrected chi connectivity index (χ0v) is 13.2. The summed E-state index contributed by atoms with van der Waals surface area (Å²) in [5.74, 6) is -1.39. The van der Waals surface area contributed by atoms with Crippen molar-refractivity contribution in [3.8, 4) is 11.1 Å². The first-order valence-corrected chi connectivity index (χ1v) is 7.61. The van der Waals surface area contributed by atoms with E-state index in [4.69, 9.17) is 0 Å². The highest BCUT2D eigenvalue weighted by atomic mass is 16.4. The highest BCUT2D eigenvalue weighted by molar-refractivity contribution is 6.16. The number of benzene rings is 3. The van der Waals surface area contributed by atoms with Crippen molar-refractivity contribution in [2.24, 2.45) is 0 Å². The van der Waals surface area contributed by atoms with Crippen LogP contribution in [-0.2, 0) is 0 Å². The maximum atomic E-state index is 13.0. The van der Waals surface area contributed by atoms with Crippen LogP contribution in [0.2, 0.25) is 0 Å². The first-order chi connectivity index (χ1) is 11.6. The van der Waals surface area contributed by atoms with Crippen LogP contribution >= 0.6 is 0 Å². The molecule has 3 nitrogen and oxygen atoms in total. The van der Waals surface area contributed by atoms with E-state index in [0.717, 1.165) is 16.7 Å². The van der Waals surface area contributed by atoms with Crippen LogP contribution in [0.3, 0.4) is 0 Å². The molecule has 3 aromatic rings. The number of carbonyl (C=O) groups is 2. The average molecular weight is 316 g/mol. The maximum Gasteiger partial charge on any atom is 0.336 e. The highest BCUT2D eigenvalue weighted by Gasteiger charge is 2.20. The number of hydrogen-bond acceptors (Lipinski definition) is 2. The second-order valence-electron chi connectivity index (χ2n) is 5.59. The summed E-state index contributed by atoms with van der Waals surface area (Å²) in [7, 11) is 0. The van der Waals surface area contributed by atoms with Crippen molar-refractivity contribution in [1.82, 2.24) is 0 Å². The molecule has 0 fully saturated rings. The van der Waals surface area contributed by atoms with Crippen LogP contribution in [0, 0.1) is 6.92 Å². The Morgan fingerprint density at radius 3 is 1.88 bits per heavy atom. The van der Waals surface area contributed by atoms with Crippen molar-refractivity contribution >= 4 is 11.8 Å². The minimum atomic E-state index is -1.10. The van der Waals surface area contributed by atoms with Gasteiger partial charge in [-0.05, 0) is 24.1 Å². The molecular formula is C21H16O3. The third-order valence-electron chi connectivity index (χ3n) is 3.94. The van der Waals surface area contributed by atoms with Crippen LogP contribution in [0.1, 0.15) is 31.8 Å². The lowest BCUT2D eigenvalue weighted by atomic mass is 9.92. The van der Waals surface area contributed by atoms with Gasteiger partial charge in [0.1, 0.15) is 0 Å². The molecule has 0 amide bonds. The standard InChI is InChI=1S/C21H16O3/c1-14-10-12-15(13-11-14)16-6-2-3-7-17(16)20(22)18-8-4-5-9-19(18)21(23)24/h2-13H,1H3,(H,23,24). The lowest BCUT2D eigenvalue weighted by Crippen LogP contribution is -2.10. The second-order valence-corrected chi connectivity index (χ2v) is 5.59. The van der Waals surface area contributed by atoms with Gasteiger partial charge in [-0.15, -0.1) is 0 Å². The van der Waals surface area contributed by atoms with Crippen molar-refractivity contribution in [3.05, 3.63) is 95.1 Å². The number of aryl methyl sites for hydroxylation is 1. The van der Waals surface area contributed by atoms with E-state index >= 15 is 0 Å². The fraction of sp³-hybridized carbons (Fsp3) is 0.0476. The second kappa shape index (κ2) is 6.50. The van der Waals surface area contributed by atoms with E-state index in [0.29, 0.717) is 5.56 Å². The zero-order chi connectivity index (χ0) is 17.1. The molecule has 0 saturated carbocycles. The molecule has 0 spiro atoms. The molecule has 118 valence electrons. The fourth-order valence-electron chi connectivity index (χ4n) is 2.68. The number of carboxylic acids is 1. The fourth-order valence-corrected chi connectivity index (χ4v) is 2.68. The van der Waals surface area contributed by atoms with E-state index in [2.05, 4.69) is 0 Å². The van der Waals surface area contributed by atoms with E-state index in [-0.39, 0.29) is 16.9 Å². The van der Waals surface area contributed by atoms with Gasteiger partial charge in [-0.3, -0.25) is 4.79 Å². The summed E-state index contributed by atoms with van der Waals surface area (Å²) in [6.07, 6.45) is 0. The van der Waals surface area contributed by atoms with Gasteiger partial charge in [-0.2, -0.15) is 0 Å². The molecule has 3 rings (SSSR count). The van der Waals surface area contributed by atoms with E-state index in [1.54, 1.807) is 30.3 Å². The van der Waals surface area contributed by atoms with Gasteiger partial charge in [0.25, 0.3) is 0 Å². The number of rotatable bonds is 4. The minimum absolute atomic E-state index is 0.0150. The Hall–Kier alpha value is -3.20. The Morgan fingerprint density at radius 2 is 1.25 bits per heavy atom. The van der Waals surface area contributed by atoms with Gasteiger partial charge in [0.05, 0.1) is 5.56 Å². The molecule has 1 N–H and O–H groups in total. The Kier molecular flexibility index (Phi) is 4.25. The normalized spacial score (nSPS) is 10.4. The third kappa shape index (κ3) is 2.97. The van der Waals surface area contributed by atoms with Gasteiger partial charge in [0, 0.05) is 11.1 Å². The lowest BCUT2D eigenvalue weighted by Gasteiger charge is -2.11. The SMILES string of the molecule is Cc1ccc(-c2ccccc2C(=O)c2ccccc2C(=O)O)cc1. The number of carbonyl (C=O) groups excluding carboxylic acids is 1. The highest BCUT2D eigenvalue weighted by Crippen LogP contribution is 2.27. The molecule has 0 bridgehead atoms. The summed E-state index contributed by atoms with van der Waals surface area (Å²) in [6, 6.07) is 21.5. The van der Waals surface area contributed by atoms with Crippen molar-refractivity contribution in [2.45, 2.75) is 6.92 Å². The van der Waals surface area contributed by atoms with Crippen LogP contribution in [-0.4, -0.2) is 16.9 Å². The number of aromatic carboxylic acids is 1. The quantitative estimate of drug-likeness (QED) is 0.716. The van der Waals surface area contributed by atoms with Crippen LogP contribution in [0.4, 0.5) is 0 Å². The first-order valence-electron chi connectivity index (χ1n) is 7.61. The summed E-state index contributed by atoms with van der Waals surface area (Å²) in [6.45, 7) is 2.00. The van der Waals surface area contributed by atoms with Gasteiger partial charge >= 0.3 is 5.97 Å². The summed E-state index contributed by atoms with van der Waals surface area (Å²) in [5, 5.41) is 9.33. The number of ketones is 1. The largest absolute Gasteiger partial charge is 0.478 e. The predicted molar refractivity (Wildman–Crippen MR) is 93.4 cm³/mol. The molecule has 0 aliphatic carbocycles. The zero-order valence-electron chi connectivity index (χ0n) is 13.2. The molecule has 0 atom stereocenters. The van der Waals surface area contributed by atoms with Crippen molar-refractivity contribution < 1.29 is 14.7 Å². The molecule has 24 heavy (non-hydrogen) atoms. The Labute approximate surface area is 140 Å². The summed E-state index contributed by atoms with van der Waals surface area (Å²) < 4.78 is 0. The summed E-state index contributed by atoms with van der Waals surface area (Å²) >= 11 is 0. The topological polar surface area (TPSA) is 54.4 Å². The van der Waals surface area contributed by atoms with Crippen LogP contribution in [0.5, 0.6) is 0 Å². The van der Waals surface area contributed by atoms with Gasteiger partial charge in [0.15, 0.2) is 5.78 Å². The maximum absolute atomic E-state index is 13.0. The molecule has 0 unspecified atom stereocenters. The predicted octanol–water partition coefficient (Wildman–Crippen LogP) is 4.59. The van der Waals surface area contributed by atoms with E-state index in [1.807, 2.05) is 43.3 Å². The Balaban J connectivity index is 2.13. The van der Waals surface area contributed by atoms with Crippen LogP contribution in [0.15, 0.2) is 72.8 Å². The minimum Gasteiger partial charge on any atom is -0.478 e. The summed E-state index contributed by atoms with van der Waals surface area (Å²) in [5.41, 5.74) is 3.57. The third-order valence-corrected chi connectivity index (χ3v) is 3.94. The van der Waals surface area contributed by atoms with E-state index in [9.17, 15) is 14.7 Å². The molecule has 0 radical (unpaired) electrons. The Bertz CT molecular complexity index is 908.